The maximum atomic E-state index is 10.0. The molecule has 0 aliphatic heterocycles. The van der Waals surface area contributed by atoms with Gasteiger partial charge in [0.05, 0.1) is 11.1 Å². The molecular weight excluding hydrogens is 388 g/mol. The summed E-state index contributed by atoms with van der Waals surface area (Å²) < 4.78 is 2.09. The summed E-state index contributed by atoms with van der Waals surface area (Å²) in [6.07, 6.45) is 0. The van der Waals surface area contributed by atoms with E-state index in [-0.39, 0.29) is 0 Å². The molecule has 1 aromatic heterocycles. The normalized spacial score (nSPS) is 10.4. The van der Waals surface area contributed by atoms with Gasteiger partial charge in [-0.1, -0.05) is 90.3 Å². The molecule has 2 nitrogen and oxygen atoms in total. The van der Waals surface area contributed by atoms with Crippen molar-refractivity contribution in [3.05, 3.63) is 126 Å². The van der Waals surface area contributed by atoms with Crippen LogP contribution in [0, 0.1) is 30.1 Å². The third-order valence-corrected chi connectivity index (χ3v) is 5.61. The number of fused-ring (bicyclic) bond motifs is 1. The van der Waals surface area contributed by atoms with Crippen molar-refractivity contribution >= 4 is 10.9 Å². The average molecular weight is 409 g/mol. The van der Waals surface area contributed by atoms with Gasteiger partial charge in [0.25, 0.3) is 0 Å². The molecule has 0 aliphatic carbocycles. The van der Waals surface area contributed by atoms with Crippen LogP contribution in [0.15, 0.2) is 103 Å². The molecule has 0 amide bonds. The quantitative estimate of drug-likeness (QED) is 0.293. The Morgan fingerprint density at radius 1 is 0.688 bits per heavy atom. The summed E-state index contributed by atoms with van der Waals surface area (Å²) in [6, 6.07) is 37.1. The maximum absolute atomic E-state index is 10.0. The van der Waals surface area contributed by atoms with E-state index >= 15 is 0 Å². The topological polar surface area (TPSA) is 28.7 Å². The van der Waals surface area contributed by atoms with Crippen LogP contribution in [0.25, 0.3) is 27.7 Å². The first-order chi connectivity index (χ1) is 15.8. The van der Waals surface area contributed by atoms with E-state index < -0.39 is 0 Å². The van der Waals surface area contributed by atoms with Crippen LogP contribution in [0.2, 0.25) is 0 Å². The number of rotatable bonds is 2. The Balaban J connectivity index is 1.75. The fourth-order valence-corrected chi connectivity index (χ4v) is 4.02. The van der Waals surface area contributed by atoms with Gasteiger partial charge < -0.3 is 4.57 Å². The highest BCUT2D eigenvalue weighted by Crippen LogP contribution is 2.29. The second-order valence-electron chi connectivity index (χ2n) is 7.69. The Morgan fingerprint density at radius 3 is 2.16 bits per heavy atom. The van der Waals surface area contributed by atoms with Crippen LogP contribution < -0.4 is 0 Å². The van der Waals surface area contributed by atoms with Crippen molar-refractivity contribution < 1.29 is 0 Å². The Labute approximate surface area is 188 Å². The van der Waals surface area contributed by atoms with E-state index in [1.807, 2.05) is 60.7 Å². The van der Waals surface area contributed by atoms with Gasteiger partial charge in [-0.15, -0.1) is 0 Å². The summed E-state index contributed by atoms with van der Waals surface area (Å²) in [5.74, 6) is 6.72. The number of hydrogen-bond acceptors (Lipinski definition) is 1. The lowest BCUT2D eigenvalue weighted by atomic mass is 10.00. The molecule has 0 bridgehead atoms. The van der Waals surface area contributed by atoms with Crippen molar-refractivity contribution in [1.29, 1.82) is 5.26 Å². The van der Waals surface area contributed by atoms with Crippen LogP contribution in [0.3, 0.4) is 0 Å². The predicted octanol–water partition coefficient (Wildman–Crippen LogP) is 6.88. The van der Waals surface area contributed by atoms with E-state index in [2.05, 4.69) is 71.9 Å². The minimum absolute atomic E-state index is 0.603. The fourth-order valence-electron chi connectivity index (χ4n) is 4.02. The first kappa shape index (κ1) is 19.4. The highest BCUT2D eigenvalue weighted by Gasteiger charge is 2.16. The molecule has 32 heavy (non-hydrogen) atoms. The molecule has 150 valence electrons. The summed E-state index contributed by atoms with van der Waals surface area (Å²) in [5, 5.41) is 10.9. The summed E-state index contributed by atoms with van der Waals surface area (Å²) >= 11 is 0. The molecule has 0 saturated heterocycles. The second-order valence-corrected chi connectivity index (χ2v) is 7.69. The molecule has 1 heterocycles. The Morgan fingerprint density at radius 2 is 1.38 bits per heavy atom. The summed E-state index contributed by atoms with van der Waals surface area (Å²) in [4.78, 5) is 0. The van der Waals surface area contributed by atoms with Crippen molar-refractivity contribution in [2.45, 2.75) is 6.92 Å². The molecule has 0 unspecified atom stereocenters. The minimum Gasteiger partial charge on any atom is -0.301 e. The van der Waals surface area contributed by atoms with Gasteiger partial charge in [-0.25, -0.2) is 0 Å². The molecule has 0 fully saturated rings. The molecule has 0 N–H and O–H groups in total. The van der Waals surface area contributed by atoms with Gasteiger partial charge in [0.2, 0.25) is 0 Å². The highest BCUT2D eigenvalue weighted by molar-refractivity contribution is 5.91. The predicted molar refractivity (Wildman–Crippen MR) is 131 cm³/mol. The molecule has 0 radical (unpaired) electrons. The van der Waals surface area contributed by atoms with Crippen LogP contribution in [0.4, 0.5) is 0 Å². The van der Waals surface area contributed by atoms with Gasteiger partial charge in [0.15, 0.2) is 0 Å². The summed E-state index contributed by atoms with van der Waals surface area (Å²) in [7, 11) is 0. The number of hydrogen-bond donors (Lipinski definition) is 0. The SMILES string of the molecule is Cc1ccc(-n2c(C#Cc3ccccc3-c3ccccc3)c(C#N)c3ccccc32)cc1. The van der Waals surface area contributed by atoms with E-state index in [9.17, 15) is 5.26 Å². The van der Waals surface area contributed by atoms with Crippen LogP contribution >= 0.6 is 0 Å². The van der Waals surface area contributed by atoms with E-state index in [0.29, 0.717) is 11.3 Å². The molecule has 4 aromatic carbocycles. The first-order valence-corrected chi connectivity index (χ1v) is 10.5. The molecule has 2 heteroatoms. The Kier molecular flexibility index (Phi) is 5.04. The smallest absolute Gasteiger partial charge is 0.116 e. The van der Waals surface area contributed by atoms with Crippen molar-refractivity contribution in [3.63, 3.8) is 0 Å². The molecule has 0 saturated carbocycles. The molecule has 5 aromatic rings. The van der Waals surface area contributed by atoms with Gasteiger partial charge >= 0.3 is 0 Å². The van der Waals surface area contributed by atoms with E-state index in [1.165, 1.54) is 5.56 Å². The monoisotopic (exact) mass is 408 g/mol. The zero-order valence-corrected chi connectivity index (χ0v) is 17.7. The van der Waals surface area contributed by atoms with Crippen molar-refractivity contribution in [1.82, 2.24) is 4.57 Å². The van der Waals surface area contributed by atoms with Gasteiger partial charge in [-0.05, 0) is 48.2 Å². The number of para-hydroxylation sites is 1. The van der Waals surface area contributed by atoms with E-state index in [1.54, 1.807) is 0 Å². The third kappa shape index (κ3) is 3.45. The molecule has 0 aliphatic rings. The number of benzene rings is 4. The summed E-state index contributed by atoms with van der Waals surface area (Å²) in [5.41, 5.74) is 7.61. The van der Waals surface area contributed by atoms with Gasteiger partial charge in [-0.3, -0.25) is 0 Å². The number of nitrogens with zero attached hydrogens (tertiary/aromatic N) is 2. The largest absolute Gasteiger partial charge is 0.301 e. The van der Waals surface area contributed by atoms with Crippen molar-refractivity contribution in [2.24, 2.45) is 0 Å². The standard InChI is InChI=1S/C30H20N2/c1-22-15-18-25(19-16-22)32-29-14-8-7-13-27(29)28(21-31)30(32)20-17-24-11-5-6-12-26(24)23-9-3-2-4-10-23/h2-16,18-19H,1H3. The van der Waals surface area contributed by atoms with Gasteiger partial charge in [0.1, 0.15) is 11.8 Å². The number of aromatic nitrogens is 1. The maximum Gasteiger partial charge on any atom is 0.116 e. The molecule has 0 spiro atoms. The Hall–Kier alpha value is -4.53. The lowest BCUT2D eigenvalue weighted by molar-refractivity contribution is 1.10. The van der Waals surface area contributed by atoms with E-state index in [0.717, 1.165) is 33.3 Å². The lowest BCUT2D eigenvalue weighted by Crippen LogP contribution is -1.98. The number of nitriles is 1. The average Bonchev–Trinajstić information content (AvgIpc) is 3.17. The number of aryl methyl sites for hydroxylation is 1. The molecular formula is C30H20N2. The second kappa shape index (κ2) is 8.31. The zero-order valence-electron chi connectivity index (χ0n) is 17.7. The van der Waals surface area contributed by atoms with Crippen LogP contribution in [0.1, 0.15) is 22.4 Å². The minimum atomic E-state index is 0.603. The van der Waals surface area contributed by atoms with Crippen molar-refractivity contribution in [3.8, 4) is 34.7 Å². The highest BCUT2D eigenvalue weighted by atomic mass is 15.0. The summed E-state index contributed by atoms with van der Waals surface area (Å²) in [6.45, 7) is 2.07. The third-order valence-electron chi connectivity index (χ3n) is 5.61. The zero-order chi connectivity index (χ0) is 21.9. The fraction of sp³-hybridized carbons (Fsp3) is 0.0333. The first-order valence-electron chi connectivity index (χ1n) is 10.5. The van der Waals surface area contributed by atoms with Crippen LogP contribution in [-0.2, 0) is 0 Å². The van der Waals surface area contributed by atoms with Crippen molar-refractivity contribution in [2.75, 3.05) is 0 Å². The molecule has 5 rings (SSSR count). The van der Waals surface area contributed by atoms with Crippen LogP contribution in [-0.4, -0.2) is 4.57 Å². The Bertz CT molecular complexity index is 1520. The lowest BCUT2D eigenvalue weighted by Gasteiger charge is -2.08. The molecule has 0 atom stereocenters. The van der Waals surface area contributed by atoms with Gasteiger partial charge in [-0.2, -0.15) is 5.26 Å². The van der Waals surface area contributed by atoms with E-state index in [4.69, 9.17) is 0 Å². The van der Waals surface area contributed by atoms with Crippen LogP contribution in [0.5, 0.6) is 0 Å². The van der Waals surface area contributed by atoms with Gasteiger partial charge in [0, 0.05) is 16.6 Å².